The maximum atomic E-state index is 4.18. The Hall–Kier alpha value is -0.810. The third kappa shape index (κ3) is 4.10. The summed E-state index contributed by atoms with van der Waals surface area (Å²) < 4.78 is 0. The topological polar surface area (TPSA) is 53.6 Å². The van der Waals surface area contributed by atoms with E-state index in [2.05, 4.69) is 27.1 Å². The van der Waals surface area contributed by atoms with Crippen LogP contribution in [0.5, 0.6) is 0 Å². The summed E-state index contributed by atoms with van der Waals surface area (Å²) in [6.45, 7) is 7.32. The first kappa shape index (κ1) is 10.3. The van der Waals surface area contributed by atoms with Crippen LogP contribution in [0.4, 0.5) is 0 Å². The van der Waals surface area contributed by atoms with Gasteiger partial charge in [0.15, 0.2) is 0 Å². The van der Waals surface area contributed by atoms with Gasteiger partial charge in [-0.15, -0.1) is 11.7 Å². The van der Waals surface area contributed by atoms with Crippen LogP contribution in [0.15, 0.2) is 17.8 Å². The van der Waals surface area contributed by atoms with Crippen molar-refractivity contribution >= 4 is 11.8 Å². The molecule has 5 heteroatoms. The molecular formula is C8H14N4S. The number of aromatic nitrogens is 3. The molecule has 0 fully saturated rings. The standard InChI is InChI=1S/C8H14N4S/c1-3-4-9-5-6-13-8-10-7(2)11-12-8/h3,9H,1,4-6H2,2H3,(H,10,11,12). The zero-order valence-corrected chi connectivity index (χ0v) is 8.52. The number of thioether (sulfide) groups is 1. The fourth-order valence-electron chi connectivity index (χ4n) is 0.805. The van der Waals surface area contributed by atoms with Gasteiger partial charge in [0, 0.05) is 18.8 Å². The molecule has 1 aromatic heterocycles. The van der Waals surface area contributed by atoms with E-state index in [0.717, 1.165) is 29.8 Å². The third-order valence-corrected chi connectivity index (χ3v) is 2.22. The molecule has 0 saturated carbocycles. The smallest absolute Gasteiger partial charge is 0.208 e. The van der Waals surface area contributed by atoms with Gasteiger partial charge in [-0.05, 0) is 6.92 Å². The Kier molecular flexibility index (Phi) is 4.56. The first-order valence-electron chi connectivity index (χ1n) is 4.16. The first-order chi connectivity index (χ1) is 6.33. The molecule has 72 valence electrons. The van der Waals surface area contributed by atoms with E-state index in [1.807, 2.05) is 13.0 Å². The van der Waals surface area contributed by atoms with Gasteiger partial charge < -0.3 is 5.32 Å². The van der Waals surface area contributed by atoms with Crippen LogP contribution in [-0.4, -0.2) is 34.0 Å². The summed E-state index contributed by atoms with van der Waals surface area (Å²) in [5.74, 6) is 1.84. The van der Waals surface area contributed by atoms with E-state index >= 15 is 0 Å². The lowest BCUT2D eigenvalue weighted by atomic mass is 10.6. The average molecular weight is 198 g/mol. The molecule has 0 aliphatic heterocycles. The molecular weight excluding hydrogens is 184 g/mol. The average Bonchev–Trinajstić information content (AvgIpc) is 2.51. The summed E-state index contributed by atoms with van der Waals surface area (Å²) in [4.78, 5) is 4.18. The normalized spacial score (nSPS) is 10.2. The van der Waals surface area contributed by atoms with Crippen molar-refractivity contribution in [3.05, 3.63) is 18.5 Å². The summed E-state index contributed by atoms with van der Waals surface area (Å²) in [6, 6.07) is 0. The van der Waals surface area contributed by atoms with Gasteiger partial charge in [-0.1, -0.05) is 17.8 Å². The third-order valence-electron chi connectivity index (χ3n) is 1.38. The summed E-state index contributed by atoms with van der Waals surface area (Å²) >= 11 is 1.64. The molecule has 1 heterocycles. The minimum absolute atomic E-state index is 0.818. The van der Waals surface area contributed by atoms with Gasteiger partial charge in [0.1, 0.15) is 5.82 Å². The minimum Gasteiger partial charge on any atom is -0.312 e. The van der Waals surface area contributed by atoms with E-state index in [1.54, 1.807) is 11.8 Å². The van der Waals surface area contributed by atoms with Crippen molar-refractivity contribution in [2.24, 2.45) is 0 Å². The lowest BCUT2D eigenvalue weighted by Crippen LogP contribution is -2.16. The van der Waals surface area contributed by atoms with Crippen molar-refractivity contribution in [3.63, 3.8) is 0 Å². The van der Waals surface area contributed by atoms with Crippen LogP contribution in [0, 0.1) is 6.92 Å². The number of nitrogens with one attached hydrogen (secondary N) is 2. The quantitative estimate of drug-likeness (QED) is 0.406. The highest BCUT2D eigenvalue weighted by atomic mass is 32.2. The van der Waals surface area contributed by atoms with Crippen LogP contribution in [0.3, 0.4) is 0 Å². The number of aryl methyl sites for hydroxylation is 1. The fourth-order valence-corrected chi connectivity index (χ4v) is 1.55. The van der Waals surface area contributed by atoms with Gasteiger partial charge in [-0.2, -0.15) is 0 Å². The van der Waals surface area contributed by atoms with E-state index in [9.17, 15) is 0 Å². The van der Waals surface area contributed by atoms with Gasteiger partial charge in [-0.25, -0.2) is 4.98 Å². The van der Waals surface area contributed by atoms with E-state index in [1.165, 1.54) is 0 Å². The number of H-pyrrole nitrogens is 1. The highest BCUT2D eigenvalue weighted by Gasteiger charge is 1.98. The predicted octanol–water partition coefficient (Wildman–Crippen LogP) is 0.981. The Bertz CT molecular complexity index is 258. The van der Waals surface area contributed by atoms with Gasteiger partial charge >= 0.3 is 0 Å². The fraction of sp³-hybridized carbons (Fsp3) is 0.500. The Morgan fingerprint density at radius 1 is 1.69 bits per heavy atom. The summed E-state index contributed by atoms with van der Waals surface area (Å²) in [6.07, 6.45) is 1.85. The second-order valence-electron chi connectivity index (χ2n) is 2.54. The lowest BCUT2D eigenvalue weighted by molar-refractivity contribution is 0.805. The van der Waals surface area contributed by atoms with E-state index < -0.39 is 0 Å². The molecule has 0 amide bonds. The Morgan fingerprint density at radius 3 is 3.15 bits per heavy atom. The molecule has 0 saturated heterocycles. The molecule has 1 rings (SSSR count). The van der Waals surface area contributed by atoms with Gasteiger partial charge in [0.25, 0.3) is 0 Å². The molecule has 0 bridgehead atoms. The highest BCUT2D eigenvalue weighted by molar-refractivity contribution is 7.99. The number of rotatable bonds is 6. The molecule has 0 aromatic carbocycles. The molecule has 0 aliphatic rings. The van der Waals surface area contributed by atoms with Crippen molar-refractivity contribution in [2.45, 2.75) is 12.1 Å². The van der Waals surface area contributed by atoms with Crippen LogP contribution >= 0.6 is 11.8 Å². The lowest BCUT2D eigenvalue weighted by Gasteiger charge is -1.97. The molecule has 4 nitrogen and oxygen atoms in total. The number of hydrogen-bond acceptors (Lipinski definition) is 4. The second kappa shape index (κ2) is 5.77. The van der Waals surface area contributed by atoms with Crippen LogP contribution in [0.2, 0.25) is 0 Å². The molecule has 0 spiro atoms. The molecule has 2 N–H and O–H groups in total. The number of aromatic amines is 1. The van der Waals surface area contributed by atoms with Crippen molar-refractivity contribution in [1.29, 1.82) is 0 Å². The van der Waals surface area contributed by atoms with E-state index in [4.69, 9.17) is 0 Å². The van der Waals surface area contributed by atoms with Gasteiger partial charge in [0.05, 0.1) is 0 Å². The molecule has 13 heavy (non-hydrogen) atoms. The summed E-state index contributed by atoms with van der Waals surface area (Å²) in [7, 11) is 0. The minimum atomic E-state index is 0.818. The van der Waals surface area contributed by atoms with Crippen molar-refractivity contribution in [2.75, 3.05) is 18.8 Å². The highest BCUT2D eigenvalue weighted by Crippen LogP contribution is 2.10. The number of nitrogens with zero attached hydrogens (tertiary/aromatic N) is 2. The SMILES string of the molecule is C=CCNCCSc1n[nH]c(C)n1. The Balaban J connectivity index is 2.09. The monoisotopic (exact) mass is 198 g/mol. The van der Waals surface area contributed by atoms with Crippen LogP contribution in [-0.2, 0) is 0 Å². The zero-order chi connectivity index (χ0) is 9.52. The molecule has 1 aromatic rings. The zero-order valence-electron chi connectivity index (χ0n) is 7.71. The summed E-state index contributed by atoms with van der Waals surface area (Å²) in [5, 5.41) is 10.8. The molecule has 0 atom stereocenters. The van der Waals surface area contributed by atoms with Crippen molar-refractivity contribution in [3.8, 4) is 0 Å². The maximum Gasteiger partial charge on any atom is 0.208 e. The Labute approximate surface area is 82.2 Å². The molecule has 0 radical (unpaired) electrons. The van der Waals surface area contributed by atoms with Gasteiger partial charge in [0.2, 0.25) is 5.16 Å². The van der Waals surface area contributed by atoms with Crippen LogP contribution < -0.4 is 5.32 Å². The van der Waals surface area contributed by atoms with Crippen LogP contribution in [0.1, 0.15) is 5.82 Å². The first-order valence-corrected chi connectivity index (χ1v) is 5.15. The van der Waals surface area contributed by atoms with Gasteiger partial charge in [-0.3, -0.25) is 5.10 Å². The second-order valence-corrected chi connectivity index (χ2v) is 3.61. The maximum absolute atomic E-state index is 4.18. The van der Waals surface area contributed by atoms with E-state index in [0.29, 0.717) is 0 Å². The number of hydrogen-bond donors (Lipinski definition) is 2. The predicted molar refractivity (Wildman–Crippen MR) is 54.9 cm³/mol. The molecule has 0 aliphatic carbocycles. The molecule has 0 unspecified atom stereocenters. The van der Waals surface area contributed by atoms with Crippen molar-refractivity contribution < 1.29 is 0 Å². The van der Waals surface area contributed by atoms with Crippen LogP contribution in [0.25, 0.3) is 0 Å². The van der Waals surface area contributed by atoms with E-state index in [-0.39, 0.29) is 0 Å². The van der Waals surface area contributed by atoms with Crippen molar-refractivity contribution in [1.82, 2.24) is 20.5 Å². The Morgan fingerprint density at radius 2 is 2.54 bits per heavy atom. The largest absolute Gasteiger partial charge is 0.312 e. The summed E-state index contributed by atoms with van der Waals surface area (Å²) in [5.41, 5.74) is 0.